The van der Waals surface area contributed by atoms with Crippen molar-refractivity contribution in [3.63, 3.8) is 0 Å². The Morgan fingerprint density at radius 2 is 1.76 bits per heavy atom. The summed E-state index contributed by atoms with van der Waals surface area (Å²) in [5.41, 5.74) is 1.58. The van der Waals surface area contributed by atoms with Gasteiger partial charge in [0, 0.05) is 20.2 Å². The van der Waals surface area contributed by atoms with E-state index in [1.165, 1.54) is 11.1 Å². The van der Waals surface area contributed by atoms with Crippen LogP contribution in [0.5, 0.6) is 0 Å². The molecule has 158 valence electrons. The first kappa shape index (κ1) is 23.1. The minimum atomic E-state index is -0.992. The number of rotatable bonds is 14. The molecule has 0 spiro atoms. The highest BCUT2D eigenvalue weighted by atomic mass is 16.5. The van der Waals surface area contributed by atoms with E-state index in [0.717, 1.165) is 31.7 Å². The molecule has 1 aromatic heterocycles. The van der Waals surface area contributed by atoms with Crippen molar-refractivity contribution in [1.29, 1.82) is 0 Å². The number of hydrogen-bond donors (Lipinski definition) is 1. The molecule has 4 nitrogen and oxygen atoms in total. The third-order valence-electron chi connectivity index (χ3n) is 5.29. The Morgan fingerprint density at radius 3 is 2.38 bits per heavy atom. The second-order valence-corrected chi connectivity index (χ2v) is 7.58. The summed E-state index contributed by atoms with van der Waals surface area (Å²) in [5.74, 6) is 1.47. The van der Waals surface area contributed by atoms with Crippen LogP contribution >= 0.6 is 0 Å². The summed E-state index contributed by atoms with van der Waals surface area (Å²) in [7, 11) is 1.72. The highest BCUT2D eigenvalue weighted by Crippen LogP contribution is 2.33. The highest BCUT2D eigenvalue weighted by molar-refractivity contribution is 5.25. The molecule has 4 heteroatoms. The Balaban J connectivity index is 2.15. The average molecular weight is 398 g/mol. The van der Waals surface area contributed by atoms with Crippen molar-refractivity contribution in [2.75, 3.05) is 20.3 Å². The molecule has 1 N–H and O–H groups in total. The second-order valence-electron chi connectivity index (χ2n) is 7.58. The molecule has 0 saturated carbocycles. The lowest BCUT2D eigenvalue weighted by atomic mass is 9.89. The van der Waals surface area contributed by atoms with E-state index in [1.54, 1.807) is 7.11 Å². The maximum Gasteiger partial charge on any atom is 0.135 e. The summed E-state index contributed by atoms with van der Waals surface area (Å²) in [6.45, 7) is 12.6. The van der Waals surface area contributed by atoms with Crippen LogP contribution in [0.15, 0.2) is 66.1 Å². The molecule has 0 unspecified atom stereocenters. The fourth-order valence-electron chi connectivity index (χ4n) is 3.45. The first-order valence-electron chi connectivity index (χ1n) is 10.3. The maximum atomic E-state index is 11.2. The first-order valence-corrected chi connectivity index (χ1v) is 10.3. The van der Waals surface area contributed by atoms with E-state index in [4.69, 9.17) is 9.15 Å². The average Bonchev–Trinajstić information content (AvgIpc) is 3.20. The minimum absolute atomic E-state index is 0.591. The summed E-state index contributed by atoms with van der Waals surface area (Å²) in [6, 6.07) is 12.3. The van der Waals surface area contributed by atoms with E-state index in [2.05, 4.69) is 49.2 Å². The fraction of sp³-hybridized carbons (Fsp3) is 0.440. The molecule has 0 aliphatic heterocycles. The van der Waals surface area contributed by atoms with Crippen LogP contribution in [-0.4, -0.2) is 30.3 Å². The molecule has 0 atom stereocenters. The lowest BCUT2D eigenvalue weighted by Crippen LogP contribution is -2.27. The molecule has 0 bridgehead atoms. The summed E-state index contributed by atoms with van der Waals surface area (Å²) in [5, 5.41) is 11.2. The zero-order chi connectivity index (χ0) is 21.1. The van der Waals surface area contributed by atoms with Gasteiger partial charge < -0.3 is 14.3 Å². The number of ether oxygens (including phenoxy) is 1. The van der Waals surface area contributed by atoms with Crippen molar-refractivity contribution in [3.05, 3.63) is 84.4 Å². The number of methoxy groups -OCH3 is 1. The molecule has 2 aromatic rings. The number of hydrogen-bond acceptors (Lipinski definition) is 4. The summed E-state index contributed by atoms with van der Waals surface area (Å²) < 4.78 is 11.4. The van der Waals surface area contributed by atoms with Gasteiger partial charge >= 0.3 is 0 Å². The summed E-state index contributed by atoms with van der Waals surface area (Å²) in [4.78, 5) is 2.31. The van der Waals surface area contributed by atoms with E-state index in [1.807, 2.05) is 24.3 Å². The summed E-state index contributed by atoms with van der Waals surface area (Å²) >= 11 is 0. The topological polar surface area (TPSA) is 45.8 Å². The van der Waals surface area contributed by atoms with Gasteiger partial charge in [-0.1, -0.05) is 36.4 Å². The van der Waals surface area contributed by atoms with Crippen molar-refractivity contribution in [2.24, 2.45) is 0 Å². The van der Waals surface area contributed by atoms with E-state index in [-0.39, 0.29) is 0 Å². The molecule has 0 saturated heterocycles. The maximum absolute atomic E-state index is 11.2. The Morgan fingerprint density at radius 1 is 1.07 bits per heavy atom. The van der Waals surface area contributed by atoms with Gasteiger partial charge in [0.1, 0.15) is 17.1 Å². The molecule has 29 heavy (non-hydrogen) atoms. The van der Waals surface area contributed by atoms with Crippen LogP contribution in [0.4, 0.5) is 0 Å². The third kappa shape index (κ3) is 7.00. The predicted octanol–water partition coefficient (Wildman–Crippen LogP) is 5.36. The van der Waals surface area contributed by atoms with E-state index >= 15 is 0 Å². The van der Waals surface area contributed by atoms with E-state index in [0.29, 0.717) is 31.8 Å². The Labute approximate surface area is 175 Å². The molecular formula is C25H35NO3. The smallest absolute Gasteiger partial charge is 0.135 e. The SMILES string of the molecule is C=CCCC(O)(CCC=C)c1ccc(CN(CCOC)Cc2ccccc2C)o1. The monoisotopic (exact) mass is 397 g/mol. The Bertz CT molecular complexity index is 753. The van der Waals surface area contributed by atoms with Crippen molar-refractivity contribution >= 4 is 0 Å². The van der Waals surface area contributed by atoms with Crippen molar-refractivity contribution in [3.8, 4) is 0 Å². The molecule has 0 amide bonds. The van der Waals surface area contributed by atoms with Crippen molar-refractivity contribution in [1.82, 2.24) is 4.90 Å². The lowest BCUT2D eigenvalue weighted by molar-refractivity contribution is -0.00227. The number of aliphatic hydroxyl groups is 1. The van der Waals surface area contributed by atoms with Gasteiger partial charge in [0.2, 0.25) is 0 Å². The van der Waals surface area contributed by atoms with Crippen molar-refractivity contribution < 1.29 is 14.3 Å². The zero-order valence-corrected chi connectivity index (χ0v) is 17.9. The quantitative estimate of drug-likeness (QED) is 0.436. The normalized spacial score (nSPS) is 11.7. The van der Waals surface area contributed by atoms with Crippen LogP contribution in [0, 0.1) is 6.92 Å². The van der Waals surface area contributed by atoms with Gasteiger partial charge in [0.25, 0.3) is 0 Å². The number of furan rings is 1. The van der Waals surface area contributed by atoms with Crippen LogP contribution in [-0.2, 0) is 23.4 Å². The predicted molar refractivity (Wildman–Crippen MR) is 119 cm³/mol. The van der Waals surface area contributed by atoms with Gasteiger partial charge in [0.05, 0.1) is 13.2 Å². The van der Waals surface area contributed by atoms with Gasteiger partial charge in [-0.3, -0.25) is 4.90 Å². The Hall–Kier alpha value is -2.14. The van der Waals surface area contributed by atoms with Crippen LogP contribution in [0.1, 0.15) is 48.3 Å². The van der Waals surface area contributed by atoms with E-state index in [9.17, 15) is 5.11 Å². The van der Waals surface area contributed by atoms with Crippen LogP contribution < -0.4 is 0 Å². The molecule has 0 fully saturated rings. The molecule has 1 aromatic carbocycles. The zero-order valence-electron chi connectivity index (χ0n) is 17.9. The molecule has 1 heterocycles. The molecular weight excluding hydrogens is 362 g/mol. The van der Waals surface area contributed by atoms with Gasteiger partial charge in [-0.2, -0.15) is 0 Å². The standard InChI is InChI=1S/C25H35NO3/c1-5-7-15-25(27,16-8-6-2)24-14-13-23(29-24)20-26(17-18-28-4)19-22-12-10-9-11-21(22)3/h5-6,9-14,27H,1-2,7-8,15-20H2,3-4H3. The minimum Gasteiger partial charge on any atom is -0.462 e. The van der Waals surface area contributed by atoms with Crippen LogP contribution in [0.2, 0.25) is 0 Å². The molecule has 0 radical (unpaired) electrons. The number of allylic oxidation sites excluding steroid dienone is 2. The van der Waals surface area contributed by atoms with Crippen LogP contribution in [0.3, 0.4) is 0 Å². The fourth-order valence-corrected chi connectivity index (χ4v) is 3.45. The lowest BCUT2D eigenvalue weighted by Gasteiger charge is -2.25. The van der Waals surface area contributed by atoms with Gasteiger partial charge in [-0.05, 0) is 55.9 Å². The molecule has 0 aliphatic carbocycles. The third-order valence-corrected chi connectivity index (χ3v) is 5.29. The number of benzene rings is 1. The number of nitrogens with zero attached hydrogens (tertiary/aromatic N) is 1. The van der Waals surface area contributed by atoms with E-state index < -0.39 is 5.60 Å². The second kappa shape index (κ2) is 11.8. The summed E-state index contributed by atoms with van der Waals surface area (Å²) in [6.07, 6.45) is 6.31. The van der Waals surface area contributed by atoms with Gasteiger partial charge in [0.15, 0.2) is 0 Å². The Kier molecular flexibility index (Phi) is 9.39. The molecule has 0 aliphatic rings. The van der Waals surface area contributed by atoms with Crippen LogP contribution in [0.25, 0.3) is 0 Å². The number of aryl methyl sites for hydroxylation is 1. The van der Waals surface area contributed by atoms with Crippen molar-refractivity contribution in [2.45, 2.75) is 51.3 Å². The molecule has 2 rings (SSSR count). The first-order chi connectivity index (χ1) is 14.0. The van der Waals surface area contributed by atoms with Gasteiger partial charge in [-0.15, -0.1) is 13.2 Å². The highest BCUT2D eigenvalue weighted by Gasteiger charge is 2.31. The van der Waals surface area contributed by atoms with Gasteiger partial charge in [-0.25, -0.2) is 0 Å². The largest absolute Gasteiger partial charge is 0.462 e.